The van der Waals surface area contributed by atoms with Gasteiger partial charge >= 0.3 is 6.09 Å². The molecular formula is C16H21NO3. The Labute approximate surface area is 119 Å². The van der Waals surface area contributed by atoms with Crippen molar-refractivity contribution < 1.29 is 14.3 Å². The van der Waals surface area contributed by atoms with Crippen molar-refractivity contribution >= 4 is 12.0 Å². The number of carbonyl (C=O) groups is 2. The Morgan fingerprint density at radius 3 is 2.65 bits per heavy atom. The first kappa shape index (κ1) is 14.6. The van der Waals surface area contributed by atoms with Gasteiger partial charge in [-0.15, -0.1) is 0 Å². The molecule has 1 aliphatic heterocycles. The average Bonchev–Trinajstić information content (AvgIpc) is 2.76. The van der Waals surface area contributed by atoms with Gasteiger partial charge in [-0.05, 0) is 36.5 Å². The summed E-state index contributed by atoms with van der Waals surface area (Å²) in [5.74, 6) is 0.0135. The maximum Gasteiger partial charge on any atom is 0.416 e. The molecule has 0 spiro atoms. The van der Waals surface area contributed by atoms with Crippen LogP contribution in [0.2, 0.25) is 0 Å². The Hall–Kier alpha value is -1.84. The maximum atomic E-state index is 12.4. The van der Waals surface area contributed by atoms with E-state index in [1.54, 1.807) is 0 Å². The van der Waals surface area contributed by atoms with Gasteiger partial charge in [0, 0.05) is 0 Å². The van der Waals surface area contributed by atoms with E-state index < -0.39 is 6.09 Å². The molecule has 1 aromatic rings. The number of imide groups is 1. The van der Waals surface area contributed by atoms with Crippen LogP contribution in [0.1, 0.15) is 30.5 Å². The van der Waals surface area contributed by atoms with Crippen LogP contribution in [0, 0.1) is 19.8 Å². The minimum atomic E-state index is -0.516. The fourth-order valence-electron chi connectivity index (χ4n) is 2.39. The first-order valence-electron chi connectivity index (χ1n) is 6.95. The highest BCUT2D eigenvalue weighted by Crippen LogP contribution is 2.21. The van der Waals surface area contributed by atoms with Crippen LogP contribution in [0.4, 0.5) is 4.79 Å². The SMILES string of the molecule is Cc1ccc(CC(=O)N2C(=O)OC[C@H]2C(C)C)cc1C. The molecule has 20 heavy (non-hydrogen) atoms. The summed E-state index contributed by atoms with van der Waals surface area (Å²) >= 11 is 0. The first-order valence-corrected chi connectivity index (χ1v) is 6.95. The van der Waals surface area contributed by atoms with Crippen molar-refractivity contribution in [1.82, 2.24) is 4.90 Å². The number of benzene rings is 1. The Morgan fingerprint density at radius 2 is 2.05 bits per heavy atom. The number of nitrogens with zero attached hydrogens (tertiary/aromatic N) is 1. The summed E-state index contributed by atoms with van der Waals surface area (Å²) in [6.07, 6.45) is -0.281. The molecule has 0 bridgehead atoms. The lowest BCUT2D eigenvalue weighted by Crippen LogP contribution is -2.42. The van der Waals surface area contributed by atoms with Gasteiger partial charge in [0.05, 0.1) is 12.5 Å². The van der Waals surface area contributed by atoms with Crippen molar-refractivity contribution in [2.45, 2.75) is 40.2 Å². The van der Waals surface area contributed by atoms with Crippen molar-refractivity contribution in [2.24, 2.45) is 5.92 Å². The minimum Gasteiger partial charge on any atom is -0.447 e. The molecule has 1 saturated heterocycles. The fraction of sp³-hybridized carbons (Fsp3) is 0.500. The van der Waals surface area contributed by atoms with Crippen molar-refractivity contribution in [1.29, 1.82) is 0 Å². The topological polar surface area (TPSA) is 46.6 Å². The molecule has 1 aliphatic rings. The standard InChI is InChI=1S/C16H21NO3/c1-10(2)14-9-20-16(19)17(14)15(18)8-13-6-5-11(3)12(4)7-13/h5-7,10,14H,8-9H2,1-4H3/t14-/m0/s1. The molecule has 1 heterocycles. The largest absolute Gasteiger partial charge is 0.447 e. The van der Waals surface area contributed by atoms with Crippen molar-refractivity contribution in [3.05, 3.63) is 34.9 Å². The number of aryl methyl sites for hydroxylation is 2. The van der Waals surface area contributed by atoms with Crippen LogP contribution >= 0.6 is 0 Å². The van der Waals surface area contributed by atoms with Gasteiger partial charge in [0.15, 0.2) is 0 Å². The van der Waals surface area contributed by atoms with E-state index >= 15 is 0 Å². The van der Waals surface area contributed by atoms with Crippen LogP contribution in [0.25, 0.3) is 0 Å². The van der Waals surface area contributed by atoms with E-state index in [2.05, 4.69) is 0 Å². The number of ether oxygens (including phenoxy) is 1. The van der Waals surface area contributed by atoms with Gasteiger partial charge in [0.2, 0.25) is 5.91 Å². The van der Waals surface area contributed by atoms with E-state index in [1.165, 1.54) is 10.5 Å². The van der Waals surface area contributed by atoms with E-state index in [0.717, 1.165) is 11.1 Å². The molecule has 2 amide bonds. The van der Waals surface area contributed by atoms with Crippen molar-refractivity contribution in [2.75, 3.05) is 6.61 Å². The highest BCUT2D eigenvalue weighted by atomic mass is 16.6. The lowest BCUT2D eigenvalue weighted by Gasteiger charge is -2.22. The highest BCUT2D eigenvalue weighted by molar-refractivity contribution is 5.94. The number of hydrogen-bond donors (Lipinski definition) is 0. The molecule has 0 aliphatic carbocycles. The Kier molecular flexibility index (Phi) is 4.12. The molecule has 0 N–H and O–H groups in total. The van der Waals surface area contributed by atoms with Crippen molar-refractivity contribution in [3.63, 3.8) is 0 Å². The Bertz CT molecular complexity index is 537. The summed E-state index contributed by atoms with van der Waals surface area (Å²) in [5.41, 5.74) is 3.28. The van der Waals surface area contributed by atoms with Gasteiger partial charge in [0.1, 0.15) is 6.61 Å². The molecule has 0 unspecified atom stereocenters. The maximum absolute atomic E-state index is 12.4. The third-order valence-electron chi connectivity index (χ3n) is 3.87. The van der Waals surface area contributed by atoms with Crippen LogP contribution in [0.3, 0.4) is 0 Å². The van der Waals surface area contributed by atoms with Gasteiger partial charge < -0.3 is 4.74 Å². The molecule has 4 heteroatoms. The minimum absolute atomic E-state index is 0.151. The lowest BCUT2D eigenvalue weighted by atomic mass is 10.0. The fourth-order valence-corrected chi connectivity index (χ4v) is 2.39. The average molecular weight is 275 g/mol. The van der Waals surface area contributed by atoms with Crippen LogP contribution in [-0.2, 0) is 16.0 Å². The van der Waals surface area contributed by atoms with Gasteiger partial charge in [-0.1, -0.05) is 32.0 Å². The zero-order chi connectivity index (χ0) is 14.9. The number of rotatable bonds is 3. The first-order chi connectivity index (χ1) is 9.40. The van der Waals surface area contributed by atoms with Gasteiger partial charge in [0.25, 0.3) is 0 Å². The number of cyclic esters (lactones) is 1. The van der Waals surface area contributed by atoms with Gasteiger partial charge in [-0.25, -0.2) is 9.69 Å². The summed E-state index contributed by atoms with van der Waals surface area (Å²) in [6, 6.07) is 5.78. The molecule has 1 fully saturated rings. The predicted molar refractivity (Wildman–Crippen MR) is 76.4 cm³/mol. The van der Waals surface area contributed by atoms with E-state index in [1.807, 2.05) is 45.9 Å². The van der Waals surface area contributed by atoms with Crippen molar-refractivity contribution in [3.8, 4) is 0 Å². The molecule has 108 valence electrons. The number of hydrogen-bond acceptors (Lipinski definition) is 3. The normalized spacial score (nSPS) is 18.6. The van der Waals surface area contributed by atoms with Crippen LogP contribution in [0.5, 0.6) is 0 Å². The predicted octanol–water partition coefficient (Wildman–Crippen LogP) is 2.85. The molecule has 4 nitrogen and oxygen atoms in total. The molecule has 0 aromatic heterocycles. The lowest BCUT2D eigenvalue weighted by molar-refractivity contribution is -0.129. The van der Waals surface area contributed by atoms with Gasteiger partial charge in [-0.2, -0.15) is 0 Å². The molecule has 1 atom stereocenters. The number of amides is 2. The van der Waals surface area contributed by atoms with E-state index in [4.69, 9.17) is 4.74 Å². The summed E-state index contributed by atoms with van der Waals surface area (Å²) < 4.78 is 5.01. The van der Waals surface area contributed by atoms with E-state index in [9.17, 15) is 9.59 Å². The summed E-state index contributed by atoms with van der Waals surface area (Å²) in [6.45, 7) is 8.33. The smallest absolute Gasteiger partial charge is 0.416 e. The number of carbonyl (C=O) groups excluding carboxylic acids is 2. The van der Waals surface area contributed by atoms with Crippen LogP contribution < -0.4 is 0 Å². The second kappa shape index (κ2) is 5.65. The van der Waals surface area contributed by atoms with E-state index in [-0.39, 0.29) is 24.3 Å². The van der Waals surface area contributed by atoms with E-state index in [0.29, 0.717) is 6.61 Å². The monoisotopic (exact) mass is 275 g/mol. The second-order valence-corrected chi connectivity index (χ2v) is 5.75. The second-order valence-electron chi connectivity index (χ2n) is 5.75. The summed E-state index contributed by atoms with van der Waals surface area (Å²) in [4.78, 5) is 25.4. The zero-order valence-corrected chi connectivity index (χ0v) is 12.5. The van der Waals surface area contributed by atoms with Crippen LogP contribution in [0.15, 0.2) is 18.2 Å². The molecule has 2 rings (SSSR count). The summed E-state index contributed by atoms with van der Waals surface area (Å²) in [7, 11) is 0. The van der Waals surface area contributed by atoms with Crippen LogP contribution in [-0.4, -0.2) is 29.5 Å². The third kappa shape index (κ3) is 2.84. The third-order valence-corrected chi connectivity index (χ3v) is 3.87. The van der Waals surface area contributed by atoms with Gasteiger partial charge in [-0.3, -0.25) is 4.79 Å². The Balaban J connectivity index is 2.14. The quantitative estimate of drug-likeness (QED) is 0.852. The zero-order valence-electron chi connectivity index (χ0n) is 12.5. The molecule has 0 saturated carbocycles. The molecule has 0 radical (unpaired) electrons. The molecule has 1 aromatic carbocycles. The molecular weight excluding hydrogens is 254 g/mol. The Morgan fingerprint density at radius 1 is 1.35 bits per heavy atom. The highest BCUT2D eigenvalue weighted by Gasteiger charge is 2.39. The summed E-state index contributed by atoms with van der Waals surface area (Å²) in [5, 5.41) is 0.